The van der Waals surface area contributed by atoms with Crippen molar-refractivity contribution >= 4 is 11.6 Å². The van der Waals surface area contributed by atoms with Crippen LogP contribution in [0.3, 0.4) is 0 Å². The SMILES string of the molecule is CC(C)Oc1ccc(NC(=O)CC2CCCO2)cc1. The Kier molecular flexibility index (Phi) is 4.80. The second-order valence-electron chi connectivity index (χ2n) is 5.08. The van der Waals surface area contributed by atoms with Gasteiger partial charge in [-0.3, -0.25) is 4.79 Å². The molecule has 1 aliphatic heterocycles. The second-order valence-corrected chi connectivity index (χ2v) is 5.08. The molecule has 0 aliphatic carbocycles. The van der Waals surface area contributed by atoms with Crippen LogP contribution in [0.25, 0.3) is 0 Å². The first-order chi connectivity index (χ1) is 9.13. The van der Waals surface area contributed by atoms with Crippen molar-refractivity contribution in [3.63, 3.8) is 0 Å². The Bertz CT molecular complexity index is 408. The fourth-order valence-corrected chi connectivity index (χ4v) is 2.11. The molecule has 1 aromatic carbocycles. The molecule has 0 saturated carbocycles. The van der Waals surface area contributed by atoms with Gasteiger partial charge in [0.2, 0.25) is 5.91 Å². The van der Waals surface area contributed by atoms with Crippen LogP contribution in [0.1, 0.15) is 33.1 Å². The topological polar surface area (TPSA) is 47.6 Å². The van der Waals surface area contributed by atoms with Crippen LogP contribution in [-0.2, 0) is 9.53 Å². The monoisotopic (exact) mass is 263 g/mol. The first-order valence-corrected chi connectivity index (χ1v) is 6.81. The minimum absolute atomic E-state index is 0.00410. The number of carbonyl (C=O) groups is 1. The van der Waals surface area contributed by atoms with E-state index in [0.29, 0.717) is 6.42 Å². The van der Waals surface area contributed by atoms with E-state index >= 15 is 0 Å². The van der Waals surface area contributed by atoms with Crippen molar-refractivity contribution in [1.82, 2.24) is 0 Å². The summed E-state index contributed by atoms with van der Waals surface area (Å²) in [6.45, 7) is 4.74. The Balaban J connectivity index is 1.82. The van der Waals surface area contributed by atoms with Crippen LogP contribution in [0.4, 0.5) is 5.69 Å². The fraction of sp³-hybridized carbons (Fsp3) is 0.533. The van der Waals surface area contributed by atoms with Crippen molar-refractivity contribution in [3.8, 4) is 5.75 Å². The molecule has 0 spiro atoms. The number of ether oxygens (including phenoxy) is 2. The van der Waals surface area contributed by atoms with Gasteiger partial charge in [-0.05, 0) is 51.0 Å². The summed E-state index contributed by atoms with van der Waals surface area (Å²) in [6.07, 6.45) is 2.71. The molecule has 0 radical (unpaired) electrons. The average molecular weight is 263 g/mol. The second kappa shape index (κ2) is 6.57. The summed E-state index contributed by atoms with van der Waals surface area (Å²) in [5, 5.41) is 2.87. The third kappa shape index (κ3) is 4.56. The third-order valence-electron chi connectivity index (χ3n) is 2.95. The summed E-state index contributed by atoms with van der Waals surface area (Å²) in [5.41, 5.74) is 0.791. The van der Waals surface area contributed by atoms with E-state index in [4.69, 9.17) is 9.47 Å². The largest absolute Gasteiger partial charge is 0.491 e. The van der Waals surface area contributed by atoms with E-state index in [-0.39, 0.29) is 18.1 Å². The van der Waals surface area contributed by atoms with Gasteiger partial charge in [0, 0.05) is 12.3 Å². The highest BCUT2D eigenvalue weighted by molar-refractivity contribution is 5.91. The zero-order valence-corrected chi connectivity index (χ0v) is 11.5. The van der Waals surface area contributed by atoms with Crippen LogP contribution in [0.2, 0.25) is 0 Å². The summed E-state index contributed by atoms with van der Waals surface area (Å²) in [7, 11) is 0. The minimum Gasteiger partial charge on any atom is -0.491 e. The lowest BCUT2D eigenvalue weighted by atomic mass is 10.2. The molecule has 19 heavy (non-hydrogen) atoms. The van der Waals surface area contributed by atoms with Crippen LogP contribution in [0.15, 0.2) is 24.3 Å². The van der Waals surface area contributed by atoms with Gasteiger partial charge in [-0.2, -0.15) is 0 Å². The van der Waals surface area contributed by atoms with Gasteiger partial charge in [0.25, 0.3) is 0 Å². The lowest BCUT2D eigenvalue weighted by Crippen LogP contribution is -2.19. The van der Waals surface area contributed by atoms with Crippen LogP contribution >= 0.6 is 0 Å². The van der Waals surface area contributed by atoms with Gasteiger partial charge in [-0.25, -0.2) is 0 Å². The van der Waals surface area contributed by atoms with Gasteiger partial charge in [-0.1, -0.05) is 0 Å². The van der Waals surface area contributed by atoms with Gasteiger partial charge >= 0.3 is 0 Å². The average Bonchev–Trinajstić information content (AvgIpc) is 2.83. The van der Waals surface area contributed by atoms with Crippen molar-refractivity contribution < 1.29 is 14.3 Å². The maximum absolute atomic E-state index is 11.8. The molecule has 0 aromatic heterocycles. The molecule has 1 aliphatic rings. The molecular formula is C15H21NO3. The fourth-order valence-electron chi connectivity index (χ4n) is 2.11. The lowest BCUT2D eigenvalue weighted by molar-refractivity contribution is -0.118. The molecule has 4 nitrogen and oxygen atoms in total. The number of hydrogen-bond donors (Lipinski definition) is 1. The molecule has 2 rings (SSSR count). The standard InChI is InChI=1S/C15H21NO3/c1-11(2)19-13-7-5-12(6-8-13)16-15(17)10-14-4-3-9-18-14/h5-8,11,14H,3-4,9-10H2,1-2H3,(H,16,17). The first kappa shape index (κ1) is 13.9. The third-order valence-corrected chi connectivity index (χ3v) is 2.95. The molecule has 1 atom stereocenters. The number of anilines is 1. The summed E-state index contributed by atoms with van der Waals surface area (Å²) < 4.78 is 11.0. The van der Waals surface area contributed by atoms with Gasteiger partial charge in [-0.15, -0.1) is 0 Å². The number of nitrogens with one attached hydrogen (secondary N) is 1. The van der Waals surface area contributed by atoms with Crippen molar-refractivity contribution in [2.75, 3.05) is 11.9 Å². The number of benzene rings is 1. The first-order valence-electron chi connectivity index (χ1n) is 6.81. The Labute approximate surface area is 114 Å². The molecule has 1 amide bonds. The predicted octanol–water partition coefficient (Wildman–Crippen LogP) is 2.98. The van der Waals surface area contributed by atoms with Crippen molar-refractivity contribution in [1.29, 1.82) is 0 Å². The van der Waals surface area contributed by atoms with E-state index in [0.717, 1.165) is 30.9 Å². The number of amides is 1. The normalized spacial score (nSPS) is 18.6. The van der Waals surface area contributed by atoms with Gasteiger partial charge in [0.1, 0.15) is 5.75 Å². The molecule has 1 N–H and O–H groups in total. The quantitative estimate of drug-likeness (QED) is 0.888. The summed E-state index contributed by atoms with van der Waals surface area (Å²) in [6, 6.07) is 7.43. The van der Waals surface area contributed by atoms with Crippen LogP contribution in [0, 0.1) is 0 Å². The van der Waals surface area contributed by atoms with E-state index in [2.05, 4.69) is 5.32 Å². The highest BCUT2D eigenvalue weighted by Gasteiger charge is 2.18. The van der Waals surface area contributed by atoms with Crippen LogP contribution in [-0.4, -0.2) is 24.7 Å². The van der Waals surface area contributed by atoms with E-state index in [9.17, 15) is 4.79 Å². The maximum Gasteiger partial charge on any atom is 0.226 e. The van der Waals surface area contributed by atoms with Crippen LogP contribution in [0.5, 0.6) is 5.75 Å². The van der Waals surface area contributed by atoms with Gasteiger partial charge in [0.05, 0.1) is 18.6 Å². The molecule has 1 saturated heterocycles. The summed E-state index contributed by atoms with van der Waals surface area (Å²) in [5.74, 6) is 0.816. The highest BCUT2D eigenvalue weighted by atomic mass is 16.5. The highest BCUT2D eigenvalue weighted by Crippen LogP contribution is 2.19. The van der Waals surface area contributed by atoms with E-state index in [1.807, 2.05) is 38.1 Å². The zero-order chi connectivity index (χ0) is 13.7. The molecule has 0 bridgehead atoms. The maximum atomic E-state index is 11.8. The Morgan fingerprint density at radius 3 is 2.74 bits per heavy atom. The van der Waals surface area contributed by atoms with E-state index in [1.54, 1.807) is 0 Å². The van der Waals surface area contributed by atoms with Gasteiger partial charge < -0.3 is 14.8 Å². The number of rotatable bonds is 5. The van der Waals surface area contributed by atoms with Crippen molar-refractivity contribution in [2.45, 2.75) is 45.3 Å². The van der Waals surface area contributed by atoms with E-state index in [1.165, 1.54) is 0 Å². The molecule has 4 heteroatoms. The lowest BCUT2D eigenvalue weighted by Gasteiger charge is -2.12. The molecule has 1 aromatic rings. The molecule has 104 valence electrons. The molecule has 1 unspecified atom stereocenters. The van der Waals surface area contributed by atoms with Gasteiger partial charge in [0.15, 0.2) is 0 Å². The molecule has 1 heterocycles. The Morgan fingerprint density at radius 2 is 2.16 bits per heavy atom. The predicted molar refractivity (Wildman–Crippen MR) is 74.4 cm³/mol. The van der Waals surface area contributed by atoms with Crippen LogP contribution < -0.4 is 10.1 Å². The Hall–Kier alpha value is -1.55. The van der Waals surface area contributed by atoms with E-state index < -0.39 is 0 Å². The summed E-state index contributed by atoms with van der Waals surface area (Å²) in [4.78, 5) is 11.8. The molecule has 1 fully saturated rings. The van der Waals surface area contributed by atoms with Crippen molar-refractivity contribution in [2.24, 2.45) is 0 Å². The Morgan fingerprint density at radius 1 is 1.42 bits per heavy atom. The number of carbonyl (C=O) groups excluding carboxylic acids is 1. The minimum atomic E-state index is 0.00410. The smallest absolute Gasteiger partial charge is 0.226 e. The summed E-state index contributed by atoms with van der Waals surface area (Å²) >= 11 is 0. The zero-order valence-electron chi connectivity index (χ0n) is 11.5. The number of hydrogen-bond acceptors (Lipinski definition) is 3. The van der Waals surface area contributed by atoms with Crippen molar-refractivity contribution in [3.05, 3.63) is 24.3 Å². The molecular weight excluding hydrogens is 242 g/mol.